The Hall–Kier alpha value is -0.330. The Bertz CT molecular complexity index is 197. The standard InChI is InChI=1S/C10H18F3NO2/c11-10(12,13)16-8-6-14-5-2-1-3-9(14)4-7-15/h9,15H,1-8H2. The maximum absolute atomic E-state index is 11.8. The van der Waals surface area contributed by atoms with Gasteiger partial charge < -0.3 is 5.11 Å². The highest BCUT2D eigenvalue weighted by molar-refractivity contribution is 4.76. The number of nitrogens with zero attached hydrogens (tertiary/aromatic N) is 1. The molecule has 0 aliphatic carbocycles. The van der Waals surface area contributed by atoms with Crippen LogP contribution in [0.3, 0.4) is 0 Å². The summed E-state index contributed by atoms with van der Waals surface area (Å²) in [6, 6.07) is 0.204. The molecule has 96 valence electrons. The highest BCUT2D eigenvalue weighted by Gasteiger charge is 2.30. The van der Waals surface area contributed by atoms with E-state index in [9.17, 15) is 13.2 Å². The van der Waals surface area contributed by atoms with Gasteiger partial charge >= 0.3 is 6.36 Å². The van der Waals surface area contributed by atoms with Crippen LogP contribution in [0.2, 0.25) is 0 Å². The summed E-state index contributed by atoms with van der Waals surface area (Å²) in [5.74, 6) is 0. The number of aliphatic hydroxyl groups excluding tert-OH is 1. The van der Waals surface area contributed by atoms with Crippen LogP contribution < -0.4 is 0 Å². The first kappa shape index (κ1) is 13.7. The van der Waals surface area contributed by atoms with Crippen molar-refractivity contribution in [2.75, 3.05) is 26.3 Å². The van der Waals surface area contributed by atoms with Crippen LogP contribution >= 0.6 is 0 Å². The highest BCUT2D eigenvalue weighted by Crippen LogP contribution is 2.20. The second-order valence-corrected chi connectivity index (χ2v) is 3.99. The number of alkyl halides is 3. The zero-order valence-electron chi connectivity index (χ0n) is 9.17. The molecule has 1 unspecified atom stereocenters. The molecule has 1 aliphatic rings. The summed E-state index contributed by atoms with van der Waals surface area (Å²) in [6.45, 7) is 0.836. The first-order chi connectivity index (χ1) is 7.53. The Morgan fingerprint density at radius 1 is 1.31 bits per heavy atom. The van der Waals surface area contributed by atoms with Crippen LogP contribution in [0.4, 0.5) is 13.2 Å². The number of halogens is 3. The van der Waals surface area contributed by atoms with Crippen LogP contribution in [0.25, 0.3) is 0 Å². The number of piperidine rings is 1. The van der Waals surface area contributed by atoms with Crippen molar-refractivity contribution in [1.82, 2.24) is 4.90 Å². The Kier molecular flexibility index (Phi) is 5.51. The van der Waals surface area contributed by atoms with Gasteiger partial charge in [0.25, 0.3) is 0 Å². The van der Waals surface area contributed by atoms with Crippen LogP contribution in [0.15, 0.2) is 0 Å². The summed E-state index contributed by atoms with van der Waals surface area (Å²) in [4.78, 5) is 1.98. The maximum Gasteiger partial charge on any atom is 0.522 e. The van der Waals surface area contributed by atoms with E-state index in [1.807, 2.05) is 4.90 Å². The average molecular weight is 241 g/mol. The van der Waals surface area contributed by atoms with Crippen molar-refractivity contribution in [3.63, 3.8) is 0 Å². The third-order valence-electron chi connectivity index (χ3n) is 2.86. The summed E-state index contributed by atoms with van der Waals surface area (Å²) >= 11 is 0. The summed E-state index contributed by atoms with van der Waals surface area (Å²) in [7, 11) is 0. The number of rotatable bonds is 5. The number of hydrogen-bond acceptors (Lipinski definition) is 3. The van der Waals surface area contributed by atoms with Gasteiger partial charge in [-0.25, -0.2) is 0 Å². The lowest BCUT2D eigenvalue weighted by Gasteiger charge is -2.35. The van der Waals surface area contributed by atoms with Crippen LogP contribution in [0, 0.1) is 0 Å². The highest BCUT2D eigenvalue weighted by atomic mass is 19.4. The molecule has 1 aliphatic heterocycles. The third-order valence-corrected chi connectivity index (χ3v) is 2.86. The van der Waals surface area contributed by atoms with Gasteiger partial charge in [-0.15, -0.1) is 13.2 Å². The van der Waals surface area contributed by atoms with Gasteiger partial charge in [-0.2, -0.15) is 0 Å². The fourth-order valence-corrected chi connectivity index (χ4v) is 2.11. The van der Waals surface area contributed by atoms with Gasteiger partial charge in [-0.05, 0) is 25.8 Å². The molecule has 1 heterocycles. The largest absolute Gasteiger partial charge is 0.522 e. The van der Waals surface area contributed by atoms with E-state index < -0.39 is 6.36 Å². The van der Waals surface area contributed by atoms with E-state index >= 15 is 0 Å². The SMILES string of the molecule is OCCC1CCCCN1CCOC(F)(F)F. The molecule has 1 fully saturated rings. The molecule has 1 saturated heterocycles. The fourth-order valence-electron chi connectivity index (χ4n) is 2.11. The third kappa shape index (κ3) is 5.14. The molecule has 6 heteroatoms. The lowest BCUT2D eigenvalue weighted by Crippen LogP contribution is -2.42. The zero-order chi connectivity index (χ0) is 12.0. The second-order valence-electron chi connectivity index (χ2n) is 3.99. The monoisotopic (exact) mass is 241 g/mol. The van der Waals surface area contributed by atoms with Crippen molar-refractivity contribution >= 4 is 0 Å². The van der Waals surface area contributed by atoms with Gasteiger partial charge in [0, 0.05) is 19.2 Å². The van der Waals surface area contributed by atoms with Gasteiger partial charge in [0.1, 0.15) is 0 Å². The predicted molar refractivity (Wildman–Crippen MR) is 52.9 cm³/mol. The molecule has 0 amide bonds. The molecular weight excluding hydrogens is 223 g/mol. The Morgan fingerprint density at radius 3 is 2.69 bits per heavy atom. The summed E-state index contributed by atoms with van der Waals surface area (Å²) in [5.41, 5.74) is 0. The van der Waals surface area contributed by atoms with E-state index in [-0.39, 0.29) is 25.8 Å². The van der Waals surface area contributed by atoms with Crippen LogP contribution in [-0.4, -0.2) is 48.7 Å². The molecule has 1 rings (SSSR count). The molecule has 3 nitrogen and oxygen atoms in total. The minimum Gasteiger partial charge on any atom is -0.396 e. The first-order valence-corrected chi connectivity index (χ1v) is 5.58. The van der Waals surface area contributed by atoms with Crippen molar-refractivity contribution in [1.29, 1.82) is 0 Å². The molecule has 0 saturated carbocycles. The normalized spacial score (nSPS) is 23.6. The fraction of sp³-hybridized carbons (Fsp3) is 1.00. The van der Waals surface area contributed by atoms with E-state index in [0.717, 1.165) is 25.8 Å². The van der Waals surface area contributed by atoms with Crippen molar-refractivity contribution < 1.29 is 23.0 Å². The van der Waals surface area contributed by atoms with Crippen molar-refractivity contribution in [3.8, 4) is 0 Å². The number of likely N-dealkylation sites (tertiary alicyclic amines) is 1. The molecule has 0 spiro atoms. The molecule has 0 bridgehead atoms. The second kappa shape index (κ2) is 6.42. The predicted octanol–water partition coefficient (Wildman–Crippen LogP) is 1.76. The van der Waals surface area contributed by atoms with Gasteiger partial charge in [-0.1, -0.05) is 6.42 Å². The van der Waals surface area contributed by atoms with E-state index in [0.29, 0.717) is 6.42 Å². The number of ether oxygens (including phenoxy) is 1. The minimum atomic E-state index is -4.54. The topological polar surface area (TPSA) is 32.7 Å². The van der Waals surface area contributed by atoms with Gasteiger partial charge in [0.2, 0.25) is 0 Å². The molecule has 1 N–H and O–H groups in total. The van der Waals surface area contributed by atoms with E-state index in [2.05, 4.69) is 4.74 Å². The average Bonchev–Trinajstić information content (AvgIpc) is 2.19. The maximum atomic E-state index is 11.8. The molecule has 16 heavy (non-hydrogen) atoms. The first-order valence-electron chi connectivity index (χ1n) is 5.58. The van der Waals surface area contributed by atoms with Crippen LogP contribution in [0.5, 0.6) is 0 Å². The Balaban J connectivity index is 2.27. The molecule has 0 aromatic heterocycles. The van der Waals surface area contributed by atoms with Gasteiger partial charge in [0.15, 0.2) is 0 Å². The lowest BCUT2D eigenvalue weighted by atomic mass is 10.00. The van der Waals surface area contributed by atoms with Crippen molar-refractivity contribution in [2.24, 2.45) is 0 Å². The summed E-state index contributed by atoms with van der Waals surface area (Å²) in [6.07, 6.45) is -0.865. The molecule has 0 radical (unpaired) electrons. The molecule has 1 atom stereocenters. The Morgan fingerprint density at radius 2 is 2.06 bits per heavy atom. The molecular formula is C10H18F3NO2. The smallest absolute Gasteiger partial charge is 0.396 e. The van der Waals surface area contributed by atoms with Crippen LogP contribution in [-0.2, 0) is 4.74 Å². The molecule has 0 aromatic carbocycles. The van der Waals surface area contributed by atoms with E-state index in [1.54, 1.807) is 0 Å². The van der Waals surface area contributed by atoms with Crippen LogP contribution in [0.1, 0.15) is 25.7 Å². The van der Waals surface area contributed by atoms with Crippen molar-refractivity contribution in [2.45, 2.75) is 38.1 Å². The number of hydrogen-bond donors (Lipinski definition) is 1. The van der Waals surface area contributed by atoms with Gasteiger partial charge in [-0.3, -0.25) is 9.64 Å². The Labute approximate surface area is 93.2 Å². The van der Waals surface area contributed by atoms with Crippen molar-refractivity contribution in [3.05, 3.63) is 0 Å². The minimum absolute atomic E-state index is 0.0846. The zero-order valence-corrected chi connectivity index (χ0v) is 9.17. The van der Waals surface area contributed by atoms with E-state index in [1.165, 1.54) is 0 Å². The number of aliphatic hydroxyl groups is 1. The van der Waals surface area contributed by atoms with Gasteiger partial charge in [0.05, 0.1) is 6.61 Å². The summed E-state index contributed by atoms with van der Waals surface area (Å²) in [5, 5.41) is 8.85. The quantitative estimate of drug-likeness (QED) is 0.796. The lowest BCUT2D eigenvalue weighted by molar-refractivity contribution is -0.325. The molecule has 0 aromatic rings. The summed E-state index contributed by atoms with van der Waals surface area (Å²) < 4.78 is 39.1. The van der Waals surface area contributed by atoms with E-state index in [4.69, 9.17) is 5.11 Å².